The zero-order valence-corrected chi connectivity index (χ0v) is 13.2. The van der Waals surface area contributed by atoms with Crippen molar-refractivity contribution in [1.29, 1.82) is 0 Å². The van der Waals surface area contributed by atoms with E-state index >= 15 is 0 Å². The number of rotatable bonds is 2. The van der Waals surface area contributed by atoms with Crippen molar-refractivity contribution in [2.24, 2.45) is 5.92 Å². The Morgan fingerprint density at radius 2 is 2.05 bits per heavy atom. The molecule has 3 unspecified atom stereocenters. The molecule has 1 saturated carbocycles. The number of esters is 1. The van der Waals surface area contributed by atoms with Crippen molar-refractivity contribution in [2.75, 3.05) is 32.1 Å². The van der Waals surface area contributed by atoms with Crippen LogP contribution < -0.4 is 4.90 Å². The van der Waals surface area contributed by atoms with Gasteiger partial charge in [-0.15, -0.1) is 0 Å². The largest absolute Gasteiger partial charge is 0.469 e. The summed E-state index contributed by atoms with van der Waals surface area (Å²) in [4.78, 5) is 16.3. The van der Waals surface area contributed by atoms with E-state index in [1.54, 1.807) is 0 Å². The van der Waals surface area contributed by atoms with Gasteiger partial charge in [-0.25, -0.2) is 0 Å². The van der Waals surface area contributed by atoms with Gasteiger partial charge in [0.05, 0.1) is 19.1 Å². The van der Waals surface area contributed by atoms with Crippen molar-refractivity contribution >= 4 is 11.7 Å². The number of likely N-dealkylation sites (N-methyl/N-ethyl adjacent to an activating group) is 1. The number of aliphatic hydroxyl groups excluding tert-OH is 1. The first-order valence-electron chi connectivity index (χ1n) is 7.89. The lowest BCUT2D eigenvalue weighted by Crippen LogP contribution is -2.42. The van der Waals surface area contributed by atoms with Gasteiger partial charge in [-0.05, 0) is 24.5 Å². The number of hydrogen-bond acceptors (Lipinski definition) is 5. The van der Waals surface area contributed by atoms with Gasteiger partial charge in [0.25, 0.3) is 0 Å². The van der Waals surface area contributed by atoms with E-state index in [1.807, 2.05) is 0 Å². The maximum absolute atomic E-state index is 11.7. The van der Waals surface area contributed by atoms with Crippen LogP contribution in [0.4, 0.5) is 5.69 Å². The first-order chi connectivity index (χ1) is 10.6. The van der Waals surface area contributed by atoms with E-state index in [9.17, 15) is 9.90 Å². The highest BCUT2D eigenvalue weighted by molar-refractivity contribution is 5.72. The fraction of sp³-hybridized carbons (Fsp3) is 0.588. The van der Waals surface area contributed by atoms with Crippen LogP contribution in [0.2, 0.25) is 0 Å². The van der Waals surface area contributed by atoms with Crippen LogP contribution in [-0.2, 0) is 16.1 Å². The molecule has 1 aromatic rings. The summed E-state index contributed by atoms with van der Waals surface area (Å²) in [6.45, 7) is 2.63. The highest BCUT2D eigenvalue weighted by atomic mass is 16.5. The van der Waals surface area contributed by atoms with Crippen LogP contribution in [0.15, 0.2) is 24.3 Å². The number of nitrogens with zero attached hydrogens (tertiary/aromatic N) is 2. The monoisotopic (exact) mass is 304 g/mol. The number of ether oxygens (including phenoxy) is 1. The molecule has 0 amide bonds. The van der Waals surface area contributed by atoms with Crippen LogP contribution >= 0.6 is 0 Å². The van der Waals surface area contributed by atoms with Crippen LogP contribution in [0.1, 0.15) is 18.4 Å². The molecule has 0 saturated heterocycles. The molecule has 1 aliphatic carbocycles. The molecular weight excluding hydrogens is 280 g/mol. The van der Waals surface area contributed by atoms with Crippen molar-refractivity contribution in [1.82, 2.24) is 4.90 Å². The Hall–Kier alpha value is -1.59. The number of anilines is 1. The zero-order chi connectivity index (χ0) is 15.7. The Kier molecular flexibility index (Phi) is 4.36. The second kappa shape index (κ2) is 6.26. The third-order valence-electron chi connectivity index (χ3n) is 5.00. The third kappa shape index (κ3) is 2.83. The standard InChI is InChI=1S/C17H24N2O3/c1-18-7-8-19(11-12-5-3-4-6-14(12)18)15-9-13(10-16(15)20)17(21)22-2/h3-6,13,15-16,20H,7-11H2,1-2H3. The van der Waals surface area contributed by atoms with E-state index in [4.69, 9.17) is 4.74 Å². The smallest absolute Gasteiger partial charge is 0.308 e. The van der Waals surface area contributed by atoms with Crippen LogP contribution in [0, 0.1) is 5.92 Å². The lowest BCUT2D eigenvalue weighted by Gasteiger charge is -2.29. The third-order valence-corrected chi connectivity index (χ3v) is 5.00. The summed E-state index contributed by atoms with van der Waals surface area (Å²) in [5.41, 5.74) is 2.53. The summed E-state index contributed by atoms with van der Waals surface area (Å²) < 4.78 is 4.84. The van der Waals surface area contributed by atoms with Gasteiger partial charge in [0.1, 0.15) is 0 Å². The molecular formula is C17H24N2O3. The molecule has 0 aromatic heterocycles. The Morgan fingerprint density at radius 3 is 2.82 bits per heavy atom. The van der Waals surface area contributed by atoms with Crippen molar-refractivity contribution in [3.05, 3.63) is 29.8 Å². The van der Waals surface area contributed by atoms with Crippen molar-refractivity contribution in [2.45, 2.75) is 31.5 Å². The summed E-state index contributed by atoms with van der Waals surface area (Å²) in [5, 5.41) is 10.4. The molecule has 1 fully saturated rings. The van der Waals surface area contributed by atoms with Gasteiger partial charge in [-0.1, -0.05) is 18.2 Å². The second-order valence-corrected chi connectivity index (χ2v) is 6.35. The maximum Gasteiger partial charge on any atom is 0.308 e. The summed E-state index contributed by atoms with van der Waals surface area (Å²) in [5.74, 6) is -0.380. The van der Waals surface area contributed by atoms with Crippen LogP contribution in [0.25, 0.3) is 0 Å². The van der Waals surface area contributed by atoms with Crippen molar-refractivity contribution < 1.29 is 14.6 Å². The van der Waals surface area contributed by atoms with Gasteiger partial charge in [0.2, 0.25) is 0 Å². The molecule has 5 heteroatoms. The lowest BCUT2D eigenvalue weighted by atomic mass is 10.1. The minimum Gasteiger partial charge on any atom is -0.469 e. The second-order valence-electron chi connectivity index (χ2n) is 6.35. The Bertz CT molecular complexity index is 548. The SMILES string of the molecule is COC(=O)C1CC(O)C(N2CCN(C)c3ccccc3C2)C1. The number of aliphatic hydroxyl groups is 1. The fourth-order valence-electron chi connectivity index (χ4n) is 3.74. The topological polar surface area (TPSA) is 53.0 Å². The molecule has 1 aromatic carbocycles. The number of hydrogen-bond donors (Lipinski definition) is 1. The lowest BCUT2D eigenvalue weighted by molar-refractivity contribution is -0.145. The predicted molar refractivity (Wildman–Crippen MR) is 84.7 cm³/mol. The normalized spacial score (nSPS) is 29.0. The van der Waals surface area contributed by atoms with Gasteiger partial charge >= 0.3 is 5.97 Å². The number of carbonyl (C=O) groups is 1. The molecule has 0 bridgehead atoms. The van der Waals surface area contributed by atoms with Crippen LogP contribution in [0.3, 0.4) is 0 Å². The molecule has 2 aliphatic rings. The minimum absolute atomic E-state index is 0.0312. The van der Waals surface area contributed by atoms with E-state index in [0.29, 0.717) is 12.8 Å². The van der Waals surface area contributed by atoms with Crippen LogP contribution in [0.5, 0.6) is 0 Å². The number of methoxy groups -OCH3 is 1. The predicted octanol–water partition coefficient (Wildman–Crippen LogP) is 1.25. The number of benzene rings is 1. The number of fused-ring (bicyclic) bond motifs is 1. The van der Waals surface area contributed by atoms with Gasteiger partial charge < -0.3 is 14.7 Å². The molecule has 3 atom stereocenters. The van der Waals surface area contributed by atoms with E-state index < -0.39 is 6.10 Å². The van der Waals surface area contributed by atoms with Gasteiger partial charge in [-0.2, -0.15) is 0 Å². The number of para-hydroxylation sites is 1. The molecule has 1 heterocycles. The molecule has 0 spiro atoms. The van der Waals surface area contributed by atoms with E-state index in [-0.39, 0.29) is 17.9 Å². The molecule has 5 nitrogen and oxygen atoms in total. The van der Waals surface area contributed by atoms with Gasteiger partial charge in [0, 0.05) is 38.4 Å². The van der Waals surface area contributed by atoms with E-state index in [0.717, 1.165) is 19.6 Å². The summed E-state index contributed by atoms with van der Waals surface area (Å²) in [7, 11) is 3.52. The summed E-state index contributed by atoms with van der Waals surface area (Å²) in [6, 6.07) is 8.43. The van der Waals surface area contributed by atoms with Gasteiger partial charge in [0.15, 0.2) is 0 Å². The average molecular weight is 304 g/mol. The Labute approximate surface area is 131 Å². The maximum atomic E-state index is 11.7. The Balaban J connectivity index is 1.77. The minimum atomic E-state index is -0.459. The molecule has 120 valence electrons. The highest BCUT2D eigenvalue weighted by Gasteiger charge is 2.41. The molecule has 0 radical (unpaired) electrons. The average Bonchev–Trinajstić information content (AvgIpc) is 2.84. The van der Waals surface area contributed by atoms with E-state index in [2.05, 4.69) is 41.1 Å². The summed E-state index contributed by atoms with van der Waals surface area (Å²) >= 11 is 0. The molecule has 1 aliphatic heterocycles. The van der Waals surface area contributed by atoms with Crippen molar-refractivity contribution in [3.63, 3.8) is 0 Å². The first-order valence-corrected chi connectivity index (χ1v) is 7.89. The van der Waals surface area contributed by atoms with E-state index in [1.165, 1.54) is 18.4 Å². The van der Waals surface area contributed by atoms with Crippen LogP contribution in [-0.4, -0.2) is 55.4 Å². The molecule has 1 N–H and O–H groups in total. The first kappa shape index (κ1) is 15.3. The highest BCUT2D eigenvalue weighted by Crippen LogP contribution is 2.33. The van der Waals surface area contributed by atoms with Gasteiger partial charge in [-0.3, -0.25) is 9.69 Å². The fourth-order valence-corrected chi connectivity index (χ4v) is 3.74. The zero-order valence-electron chi connectivity index (χ0n) is 13.2. The number of carbonyl (C=O) groups excluding carboxylic acids is 1. The molecule has 3 rings (SSSR count). The molecule has 22 heavy (non-hydrogen) atoms. The summed E-state index contributed by atoms with van der Waals surface area (Å²) in [6.07, 6.45) is 0.727. The Morgan fingerprint density at radius 1 is 1.27 bits per heavy atom. The van der Waals surface area contributed by atoms with Crippen molar-refractivity contribution in [3.8, 4) is 0 Å². The quantitative estimate of drug-likeness (QED) is 0.834.